The average Bonchev–Trinajstić information content (AvgIpc) is 2.76. The van der Waals surface area contributed by atoms with E-state index in [1.165, 1.54) is 12.8 Å². The third kappa shape index (κ3) is 1.93. The van der Waals surface area contributed by atoms with E-state index in [0.717, 1.165) is 18.3 Å². The number of hydrogen-bond acceptors (Lipinski definition) is 1. The molecule has 4 atom stereocenters. The second-order valence-corrected chi connectivity index (χ2v) is 5.01. The van der Waals surface area contributed by atoms with Crippen LogP contribution < -0.4 is 0 Å². The molecule has 1 N–H and O–H groups in total. The summed E-state index contributed by atoms with van der Waals surface area (Å²) < 4.78 is 0. The van der Waals surface area contributed by atoms with Crippen LogP contribution in [0.3, 0.4) is 0 Å². The van der Waals surface area contributed by atoms with E-state index in [1.807, 2.05) is 19.9 Å². The summed E-state index contributed by atoms with van der Waals surface area (Å²) >= 11 is 0. The van der Waals surface area contributed by atoms with Crippen LogP contribution in [0.25, 0.3) is 0 Å². The predicted octanol–water partition coefficient (Wildman–Crippen LogP) is 2.92. The van der Waals surface area contributed by atoms with E-state index in [2.05, 4.69) is 18.2 Å². The molecule has 2 aliphatic rings. The Bertz CT molecular complexity index is 262. The van der Waals surface area contributed by atoms with Crippen molar-refractivity contribution in [3.63, 3.8) is 0 Å². The molecule has 1 nitrogen and oxygen atoms in total. The first kappa shape index (κ1) is 9.97. The molecule has 2 rings (SSSR count). The fourth-order valence-corrected chi connectivity index (χ4v) is 2.49. The van der Waals surface area contributed by atoms with Crippen molar-refractivity contribution in [1.82, 2.24) is 0 Å². The highest BCUT2D eigenvalue weighted by Crippen LogP contribution is 2.44. The minimum Gasteiger partial charge on any atom is -0.386 e. The standard InChI is InChI=1S/C13H20O/c1-3-13(2,14)7-6-12-9-10-4-5-11(12)8-10/h4-7,10-12,14H,3,8-9H2,1-2H3. The van der Waals surface area contributed by atoms with Crippen molar-refractivity contribution in [1.29, 1.82) is 0 Å². The maximum Gasteiger partial charge on any atom is 0.0797 e. The van der Waals surface area contributed by atoms with Crippen molar-refractivity contribution in [3.8, 4) is 0 Å². The van der Waals surface area contributed by atoms with Crippen LogP contribution in [0.4, 0.5) is 0 Å². The molecule has 1 saturated carbocycles. The van der Waals surface area contributed by atoms with E-state index in [1.54, 1.807) is 0 Å². The normalized spacial score (nSPS) is 39.5. The summed E-state index contributed by atoms with van der Waals surface area (Å²) in [6.07, 6.45) is 12.3. The van der Waals surface area contributed by atoms with Gasteiger partial charge in [-0.25, -0.2) is 0 Å². The highest BCUT2D eigenvalue weighted by molar-refractivity contribution is 5.15. The van der Waals surface area contributed by atoms with Crippen LogP contribution in [-0.4, -0.2) is 10.7 Å². The van der Waals surface area contributed by atoms with Gasteiger partial charge >= 0.3 is 0 Å². The van der Waals surface area contributed by atoms with Gasteiger partial charge in [0.25, 0.3) is 0 Å². The SMILES string of the molecule is CCC(C)(O)C=CC1CC2C=CC1C2. The van der Waals surface area contributed by atoms with E-state index >= 15 is 0 Å². The monoisotopic (exact) mass is 192 g/mol. The number of fused-ring (bicyclic) bond motifs is 2. The van der Waals surface area contributed by atoms with Crippen LogP contribution in [0.1, 0.15) is 33.1 Å². The van der Waals surface area contributed by atoms with Gasteiger partial charge < -0.3 is 5.11 Å². The van der Waals surface area contributed by atoms with Gasteiger partial charge in [-0.2, -0.15) is 0 Å². The van der Waals surface area contributed by atoms with Gasteiger partial charge in [0.1, 0.15) is 0 Å². The van der Waals surface area contributed by atoms with Gasteiger partial charge in [-0.3, -0.25) is 0 Å². The smallest absolute Gasteiger partial charge is 0.0797 e. The summed E-state index contributed by atoms with van der Waals surface area (Å²) in [5.41, 5.74) is -0.606. The van der Waals surface area contributed by atoms with Crippen LogP contribution in [0, 0.1) is 17.8 Å². The quantitative estimate of drug-likeness (QED) is 0.682. The predicted molar refractivity (Wildman–Crippen MR) is 58.9 cm³/mol. The first-order valence-electron chi connectivity index (χ1n) is 5.71. The van der Waals surface area contributed by atoms with E-state index in [4.69, 9.17) is 0 Å². The van der Waals surface area contributed by atoms with Gasteiger partial charge in [0, 0.05) is 0 Å². The molecule has 0 aromatic heterocycles. The van der Waals surface area contributed by atoms with E-state index in [-0.39, 0.29) is 0 Å². The lowest BCUT2D eigenvalue weighted by Crippen LogP contribution is -2.19. The van der Waals surface area contributed by atoms with Crippen molar-refractivity contribution in [2.24, 2.45) is 17.8 Å². The molecule has 0 aromatic carbocycles. The molecule has 14 heavy (non-hydrogen) atoms. The van der Waals surface area contributed by atoms with E-state index in [9.17, 15) is 5.11 Å². The average molecular weight is 192 g/mol. The fourth-order valence-electron chi connectivity index (χ4n) is 2.49. The van der Waals surface area contributed by atoms with E-state index in [0.29, 0.717) is 5.92 Å². The zero-order valence-corrected chi connectivity index (χ0v) is 9.11. The van der Waals surface area contributed by atoms with Gasteiger partial charge in [-0.15, -0.1) is 0 Å². The van der Waals surface area contributed by atoms with Gasteiger partial charge in [-0.05, 0) is 43.9 Å². The maximum absolute atomic E-state index is 9.85. The van der Waals surface area contributed by atoms with Gasteiger partial charge in [0.15, 0.2) is 0 Å². The summed E-state index contributed by atoms with van der Waals surface area (Å²) in [4.78, 5) is 0. The molecule has 1 heteroatoms. The van der Waals surface area contributed by atoms with Crippen LogP contribution in [0.5, 0.6) is 0 Å². The minimum atomic E-state index is -0.606. The Hall–Kier alpha value is -0.560. The van der Waals surface area contributed by atoms with Crippen LogP contribution in [-0.2, 0) is 0 Å². The lowest BCUT2D eigenvalue weighted by molar-refractivity contribution is 0.107. The first-order chi connectivity index (χ1) is 6.61. The highest BCUT2D eigenvalue weighted by Gasteiger charge is 2.34. The maximum atomic E-state index is 9.85. The molecule has 4 unspecified atom stereocenters. The summed E-state index contributed by atoms with van der Waals surface area (Å²) in [5.74, 6) is 2.26. The molecule has 0 heterocycles. The van der Waals surface area contributed by atoms with E-state index < -0.39 is 5.60 Å². The molecule has 0 aliphatic heterocycles. The third-order valence-electron chi connectivity index (χ3n) is 3.75. The zero-order chi connectivity index (χ0) is 10.2. The van der Waals surface area contributed by atoms with Gasteiger partial charge in [0.2, 0.25) is 0 Å². The Morgan fingerprint density at radius 1 is 1.43 bits per heavy atom. The Kier molecular flexibility index (Phi) is 2.52. The lowest BCUT2D eigenvalue weighted by Gasteiger charge is -2.19. The van der Waals surface area contributed by atoms with Crippen molar-refractivity contribution >= 4 is 0 Å². The van der Waals surface area contributed by atoms with Crippen LogP contribution in [0.15, 0.2) is 24.3 Å². The fraction of sp³-hybridized carbons (Fsp3) is 0.692. The molecule has 0 aromatic rings. The first-order valence-corrected chi connectivity index (χ1v) is 5.71. The Morgan fingerprint density at radius 3 is 2.71 bits per heavy atom. The molecule has 1 fully saturated rings. The molecule has 2 aliphatic carbocycles. The second-order valence-electron chi connectivity index (χ2n) is 5.01. The number of allylic oxidation sites excluding steroid dienone is 3. The summed E-state index contributed by atoms with van der Waals surface area (Å²) in [5, 5.41) is 9.85. The second kappa shape index (κ2) is 3.54. The van der Waals surface area contributed by atoms with Gasteiger partial charge in [0.05, 0.1) is 5.60 Å². The minimum absolute atomic E-state index is 0.606. The molecular formula is C13H20O. The highest BCUT2D eigenvalue weighted by atomic mass is 16.3. The van der Waals surface area contributed by atoms with Crippen LogP contribution in [0.2, 0.25) is 0 Å². The molecule has 0 amide bonds. The molecule has 0 saturated heterocycles. The summed E-state index contributed by atoms with van der Waals surface area (Å²) in [6, 6.07) is 0. The van der Waals surface area contributed by atoms with Crippen molar-refractivity contribution in [2.45, 2.75) is 38.7 Å². The van der Waals surface area contributed by atoms with Crippen molar-refractivity contribution in [2.75, 3.05) is 0 Å². The lowest BCUT2D eigenvalue weighted by atomic mass is 9.91. The van der Waals surface area contributed by atoms with Crippen molar-refractivity contribution in [3.05, 3.63) is 24.3 Å². The Morgan fingerprint density at radius 2 is 2.21 bits per heavy atom. The Balaban J connectivity index is 1.96. The van der Waals surface area contributed by atoms with Crippen molar-refractivity contribution < 1.29 is 5.11 Å². The summed E-state index contributed by atoms with van der Waals surface area (Å²) in [7, 11) is 0. The van der Waals surface area contributed by atoms with Gasteiger partial charge in [-0.1, -0.05) is 31.2 Å². The summed E-state index contributed by atoms with van der Waals surface area (Å²) in [6.45, 7) is 3.90. The molecule has 0 radical (unpaired) electrons. The topological polar surface area (TPSA) is 20.2 Å². The number of aliphatic hydroxyl groups is 1. The third-order valence-corrected chi connectivity index (χ3v) is 3.75. The largest absolute Gasteiger partial charge is 0.386 e. The zero-order valence-electron chi connectivity index (χ0n) is 9.11. The molecule has 0 spiro atoms. The molecular weight excluding hydrogens is 172 g/mol. The van der Waals surface area contributed by atoms with Crippen LogP contribution >= 0.6 is 0 Å². The Labute approximate surface area is 86.5 Å². The number of hydrogen-bond donors (Lipinski definition) is 1. The number of rotatable bonds is 3. The molecule has 78 valence electrons. The molecule has 2 bridgehead atoms.